The van der Waals surface area contributed by atoms with Gasteiger partial charge in [-0.1, -0.05) is 78.9 Å². The number of hydrogen-bond acceptors (Lipinski definition) is 4. The fourth-order valence-electron chi connectivity index (χ4n) is 4.21. The van der Waals surface area contributed by atoms with Gasteiger partial charge in [-0.05, 0) is 83.5 Å². The van der Waals surface area contributed by atoms with Crippen LogP contribution in [0.4, 0.5) is 5.69 Å². The summed E-state index contributed by atoms with van der Waals surface area (Å²) in [5, 5.41) is 2.76. The second-order valence-corrected chi connectivity index (χ2v) is 9.45. The molecule has 5 rings (SSSR count). The van der Waals surface area contributed by atoms with Crippen molar-refractivity contribution in [2.24, 2.45) is 0 Å². The smallest absolute Gasteiger partial charge is 0.269 e. The molecule has 1 aliphatic carbocycles. The van der Waals surface area contributed by atoms with Crippen LogP contribution < -0.4 is 9.64 Å². The van der Waals surface area contributed by atoms with Crippen molar-refractivity contribution in [1.29, 1.82) is 0 Å². The minimum absolute atomic E-state index is 0.127. The lowest BCUT2D eigenvalue weighted by molar-refractivity contribution is -0.114. The van der Waals surface area contributed by atoms with Gasteiger partial charge in [0.25, 0.3) is 5.17 Å². The largest absolute Gasteiger partial charge is 0.432 e. The molecule has 0 amide bonds. The molecule has 0 saturated carbocycles. The Bertz CT molecular complexity index is 1590. The second-order valence-electron chi connectivity index (χ2n) is 9.10. The molecule has 4 aromatic rings. The van der Waals surface area contributed by atoms with Crippen molar-refractivity contribution < 1.29 is 14.3 Å². The quantitative estimate of drug-likeness (QED) is 0.151. The van der Waals surface area contributed by atoms with E-state index in [0.29, 0.717) is 10.7 Å². The van der Waals surface area contributed by atoms with E-state index in [1.54, 1.807) is 6.08 Å². The van der Waals surface area contributed by atoms with Crippen molar-refractivity contribution in [1.82, 2.24) is 0 Å². The van der Waals surface area contributed by atoms with Gasteiger partial charge in [-0.15, -0.1) is 6.58 Å². The zero-order valence-electron chi connectivity index (χ0n) is 21.9. The molecule has 194 valence electrons. The Morgan fingerprint density at radius 3 is 2.31 bits per heavy atom. The van der Waals surface area contributed by atoms with Crippen LogP contribution in [-0.4, -0.2) is 23.8 Å². The van der Waals surface area contributed by atoms with Crippen LogP contribution >= 0.6 is 12.2 Å². The maximum atomic E-state index is 11.8. The van der Waals surface area contributed by atoms with Gasteiger partial charge in [-0.3, -0.25) is 9.59 Å². The van der Waals surface area contributed by atoms with Crippen LogP contribution in [0.2, 0.25) is 0 Å². The normalized spacial score (nSPS) is 13.1. The first kappa shape index (κ1) is 27.4. The van der Waals surface area contributed by atoms with Gasteiger partial charge in [0.05, 0.1) is 0 Å². The average Bonchev–Trinajstić information content (AvgIpc) is 2.96. The first-order valence-corrected chi connectivity index (χ1v) is 12.9. The van der Waals surface area contributed by atoms with Crippen LogP contribution in [0.3, 0.4) is 0 Å². The summed E-state index contributed by atoms with van der Waals surface area (Å²) in [6, 6.07) is 31.9. The molecule has 4 nitrogen and oxygen atoms in total. The molecule has 0 bridgehead atoms. The van der Waals surface area contributed by atoms with E-state index in [1.807, 2.05) is 84.7 Å². The lowest BCUT2D eigenvalue weighted by Gasteiger charge is -2.20. The minimum atomic E-state index is -0.224. The van der Waals surface area contributed by atoms with Gasteiger partial charge in [0.1, 0.15) is 5.75 Å². The van der Waals surface area contributed by atoms with E-state index < -0.39 is 0 Å². The predicted octanol–water partition coefficient (Wildman–Crippen LogP) is 7.54. The maximum Gasteiger partial charge on any atom is 0.269 e. The van der Waals surface area contributed by atoms with Gasteiger partial charge in [0, 0.05) is 24.2 Å². The first-order chi connectivity index (χ1) is 18.9. The van der Waals surface area contributed by atoms with E-state index in [4.69, 9.17) is 17.0 Å². The molecule has 4 aromatic carbocycles. The number of rotatable bonds is 5. The number of aryl methyl sites for hydroxylation is 1. The molecule has 0 aromatic heterocycles. The van der Waals surface area contributed by atoms with Crippen molar-refractivity contribution in [3.05, 3.63) is 145 Å². The lowest BCUT2D eigenvalue weighted by atomic mass is 9.86. The lowest BCUT2D eigenvalue weighted by Crippen LogP contribution is -2.29. The summed E-state index contributed by atoms with van der Waals surface area (Å²) in [6.45, 7) is 5.80. The zero-order valence-corrected chi connectivity index (χ0v) is 22.7. The van der Waals surface area contributed by atoms with Crippen molar-refractivity contribution in [3.8, 4) is 5.75 Å². The number of thiocarbonyl (C=S) groups is 1. The van der Waals surface area contributed by atoms with E-state index in [9.17, 15) is 9.59 Å². The molecule has 39 heavy (non-hydrogen) atoms. The molecular formula is C34H29NO3S. The molecule has 1 aliphatic rings. The number of ketones is 2. The molecule has 0 saturated heterocycles. The summed E-state index contributed by atoms with van der Waals surface area (Å²) in [6.07, 6.45) is 5.68. The highest BCUT2D eigenvalue weighted by Gasteiger charge is 2.21. The molecule has 1 atom stereocenters. The van der Waals surface area contributed by atoms with Crippen LogP contribution in [-0.2, 0) is 9.59 Å². The molecule has 0 heterocycles. The Morgan fingerprint density at radius 2 is 1.59 bits per heavy atom. The fourth-order valence-corrected chi connectivity index (χ4v) is 4.42. The van der Waals surface area contributed by atoms with Crippen molar-refractivity contribution in [3.63, 3.8) is 0 Å². The molecular weight excluding hydrogens is 502 g/mol. The second kappa shape index (κ2) is 12.8. The minimum Gasteiger partial charge on any atom is -0.432 e. The number of ether oxygens (including phenoxy) is 1. The van der Waals surface area contributed by atoms with Crippen LogP contribution in [0, 0.1) is 6.92 Å². The number of allylic oxidation sites excluding steroid dienone is 5. The number of carbonyl (C=O) groups excluding carboxylic acids is 2. The van der Waals surface area contributed by atoms with E-state index in [-0.39, 0.29) is 17.5 Å². The highest BCUT2D eigenvalue weighted by molar-refractivity contribution is 7.80. The Balaban J connectivity index is 0.000000187. The highest BCUT2D eigenvalue weighted by atomic mass is 32.1. The first-order valence-electron chi connectivity index (χ1n) is 12.5. The Labute approximate surface area is 234 Å². The summed E-state index contributed by atoms with van der Waals surface area (Å²) < 4.78 is 5.84. The molecule has 5 heteroatoms. The summed E-state index contributed by atoms with van der Waals surface area (Å²) >= 11 is 5.41. The van der Waals surface area contributed by atoms with Gasteiger partial charge in [0.2, 0.25) is 0 Å². The Hall–Kier alpha value is -4.61. The van der Waals surface area contributed by atoms with Gasteiger partial charge >= 0.3 is 0 Å². The third-order valence-corrected chi connectivity index (χ3v) is 6.66. The number of nitrogens with zero attached hydrogens (tertiary/aromatic N) is 1. The topological polar surface area (TPSA) is 46.6 Å². The zero-order chi connectivity index (χ0) is 27.8. The summed E-state index contributed by atoms with van der Waals surface area (Å²) in [7, 11) is 1.91. The van der Waals surface area contributed by atoms with Crippen LogP contribution in [0.5, 0.6) is 5.75 Å². The van der Waals surface area contributed by atoms with Crippen LogP contribution in [0.1, 0.15) is 17.0 Å². The number of anilines is 1. The summed E-state index contributed by atoms with van der Waals surface area (Å²) in [5.74, 6) is 0.251. The standard InChI is InChI=1S/C19H17NOS.C15H12O2/c1-14-6-5-9-17(12-14)20(2)19(22)21-18-11-10-15-7-3-4-8-16(15)13-18;1-2-13(11-6-4-3-5-7-11)14-10-12(16)8-9-15(14)17/h3-13H,1-2H3;2-10,13H,1H2. The van der Waals surface area contributed by atoms with E-state index >= 15 is 0 Å². The van der Waals surface area contributed by atoms with Crippen molar-refractivity contribution in [2.45, 2.75) is 12.8 Å². The van der Waals surface area contributed by atoms with Crippen LogP contribution in [0.15, 0.2) is 134 Å². The number of hydrogen-bond donors (Lipinski definition) is 0. The average molecular weight is 532 g/mol. The Morgan fingerprint density at radius 1 is 0.872 bits per heavy atom. The Kier molecular flexibility index (Phi) is 8.97. The number of benzene rings is 4. The molecule has 1 unspecified atom stereocenters. The third kappa shape index (κ3) is 7.03. The fraction of sp³-hybridized carbons (Fsp3) is 0.0882. The predicted molar refractivity (Wildman–Crippen MR) is 163 cm³/mol. The van der Waals surface area contributed by atoms with E-state index in [1.165, 1.54) is 29.2 Å². The van der Waals surface area contributed by atoms with Crippen molar-refractivity contribution >= 4 is 45.4 Å². The molecule has 0 N–H and O–H groups in total. The maximum absolute atomic E-state index is 11.8. The molecule has 0 aliphatic heterocycles. The van der Waals surface area contributed by atoms with Gasteiger partial charge < -0.3 is 9.64 Å². The van der Waals surface area contributed by atoms with Gasteiger partial charge in [-0.25, -0.2) is 0 Å². The third-order valence-electron chi connectivity index (χ3n) is 6.30. The number of fused-ring (bicyclic) bond motifs is 1. The van der Waals surface area contributed by atoms with Crippen LogP contribution in [0.25, 0.3) is 10.8 Å². The number of carbonyl (C=O) groups is 2. The highest BCUT2D eigenvalue weighted by Crippen LogP contribution is 2.28. The van der Waals surface area contributed by atoms with Gasteiger partial charge in [-0.2, -0.15) is 0 Å². The summed E-state index contributed by atoms with van der Waals surface area (Å²) in [5.41, 5.74) is 3.66. The monoisotopic (exact) mass is 531 g/mol. The molecule has 0 fully saturated rings. The van der Waals surface area contributed by atoms with E-state index in [0.717, 1.165) is 22.4 Å². The SMILES string of the molecule is C=CC(C1=CC(=O)C=CC1=O)c1ccccc1.Cc1cccc(N(C)C(=S)Oc2ccc3ccccc3c2)c1. The molecule has 0 radical (unpaired) electrons. The van der Waals surface area contributed by atoms with Crippen molar-refractivity contribution in [2.75, 3.05) is 11.9 Å². The molecule has 0 spiro atoms. The van der Waals surface area contributed by atoms with Gasteiger partial charge in [0.15, 0.2) is 11.6 Å². The summed E-state index contributed by atoms with van der Waals surface area (Å²) in [4.78, 5) is 25.0. The van der Waals surface area contributed by atoms with E-state index in [2.05, 4.69) is 37.8 Å².